The van der Waals surface area contributed by atoms with E-state index in [4.69, 9.17) is 14.9 Å². The van der Waals surface area contributed by atoms with E-state index in [9.17, 15) is 14.0 Å². The number of nitrogens with one attached hydrogen (secondary N) is 1. The van der Waals surface area contributed by atoms with E-state index in [0.29, 0.717) is 5.75 Å². The van der Waals surface area contributed by atoms with Crippen molar-refractivity contribution in [3.63, 3.8) is 0 Å². The molecule has 1 rings (SSSR count). The topological polar surface area (TPSA) is 95.9 Å². The molecule has 0 bridgehead atoms. The molecule has 0 aliphatic rings. The number of rotatable bonds is 6. The summed E-state index contributed by atoms with van der Waals surface area (Å²) < 4.78 is 17.6. The van der Waals surface area contributed by atoms with Crippen molar-refractivity contribution in [1.29, 1.82) is 0 Å². The predicted octanol–water partition coefficient (Wildman–Crippen LogP) is -0.234. The Balaban J connectivity index is 2.29. The van der Waals surface area contributed by atoms with Gasteiger partial charge in [0.15, 0.2) is 12.7 Å². The van der Waals surface area contributed by atoms with Crippen LogP contribution in [-0.4, -0.2) is 41.3 Å². The molecule has 1 atom stereocenters. The summed E-state index contributed by atoms with van der Waals surface area (Å²) in [5.41, 5.74) is 0. The predicted molar refractivity (Wildman–Crippen MR) is 58.5 cm³/mol. The zero-order valence-electron chi connectivity index (χ0n) is 9.30. The first-order valence-electron chi connectivity index (χ1n) is 5.05. The molecule has 7 heteroatoms. The molecule has 1 amide bonds. The Hall–Kier alpha value is -2.15. The molecule has 98 valence electrons. The molecule has 0 aromatic heterocycles. The normalized spacial score (nSPS) is 11.7. The van der Waals surface area contributed by atoms with Gasteiger partial charge in [0, 0.05) is 0 Å². The molecule has 0 aliphatic heterocycles. The first kappa shape index (κ1) is 13.9. The number of carboxylic acids is 1. The number of aliphatic hydroxyl groups is 1. The molecule has 0 spiro atoms. The number of benzene rings is 1. The lowest BCUT2D eigenvalue weighted by atomic mass is 10.3. The molecule has 0 heterocycles. The van der Waals surface area contributed by atoms with Crippen LogP contribution in [0.5, 0.6) is 5.75 Å². The Morgan fingerprint density at radius 1 is 1.33 bits per heavy atom. The number of ether oxygens (including phenoxy) is 1. The average Bonchev–Trinajstić information content (AvgIpc) is 2.35. The number of hydrogen-bond acceptors (Lipinski definition) is 4. The second-order valence-electron chi connectivity index (χ2n) is 3.40. The summed E-state index contributed by atoms with van der Waals surface area (Å²) in [5, 5.41) is 19.4. The largest absolute Gasteiger partial charge is 0.484 e. The Morgan fingerprint density at radius 2 is 1.94 bits per heavy atom. The molecule has 0 unspecified atom stereocenters. The fourth-order valence-electron chi connectivity index (χ4n) is 1.03. The summed E-state index contributed by atoms with van der Waals surface area (Å²) in [4.78, 5) is 21.5. The van der Waals surface area contributed by atoms with E-state index in [2.05, 4.69) is 5.32 Å². The van der Waals surface area contributed by atoms with Gasteiger partial charge in [0.2, 0.25) is 0 Å². The molecule has 1 aromatic carbocycles. The molecule has 0 saturated carbocycles. The number of aliphatic hydroxyl groups excluding tert-OH is 1. The summed E-state index contributed by atoms with van der Waals surface area (Å²) in [6.45, 7) is -0.751. The van der Waals surface area contributed by atoms with Crippen molar-refractivity contribution < 1.29 is 28.9 Å². The molecular formula is C11H12FNO5. The van der Waals surface area contributed by atoms with Crippen molar-refractivity contribution >= 4 is 11.9 Å². The summed E-state index contributed by atoms with van der Waals surface area (Å²) in [5.74, 6) is -2.11. The lowest BCUT2D eigenvalue weighted by Crippen LogP contribution is -2.38. The van der Waals surface area contributed by atoms with Gasteiger partial charge in [0.1, 0.15) is 11.6 Å². The van der Waals surface area contributed by atoms with Gasteiger partial charge < -0.3 is 20.3 Å². The van der Waals surface area contributed by atoms with Gasteiger partial charge in [-0.25, -0.2) is 9.18 Å². The van der Waals surface area contributed by atoms with Gasteiger partial charge in [-0.05, 0) is 24.3 Å². The van der Waals surface area contributed by atoms with Crippen molar-refractivity contribution in [1.82, 2.24) is 5.32 Å². The first-order chi connectivity index (χ1) is 8.49. The Bertz CT molecular complexity index is 420. The third-order valence-electron chi connectivity index (χ3n) is 1.96. The minimum absolute atomic E-state index is 0.310. The zero-order chi connectivity index (χ0) is 13.5. The van der Waals surface area contributed by atoms with Crippen molar-refractivity contribution in [3.05, 3.63) is 30.1 Å². The Kier molecular flexibility index (Phi) is 5.06. The van der Waals surface area contributed by atoms with Gasteiger partial charge >= 0.3 is 5.97 Å². The van der Waals surface area contributed by atoms with Crippen LogP contribution in [0.25, 0.3) is 0 Å². The molecule has 18 heavy (non-hydrogen) atoms. The van der Waals surface area contributed by atoms with Crippen LogP contribution in [0.3, 0.4) is 0 Å². The van der Waals surface area contributed by atoms with Gasteiger partial charge in [-0.15, -0.1) is 0 Å². The SMILES string of the molecule is O=C(COc1ccc(F)cc1)NC[C@H](O)C(=O)O. The molecule has 0 radical (unpaired) electrons. The second kappa shape index (κ2) is 6.55. The van der Waals surface area contributed by atoms with Crippen LogP contribution in [-0.2, 0) is 9.59 Å². The number of halogens is 1. The minimum atomic E-state index is -1.65. The van der Waals surface area contributed by atoms with Gasteiger partial charge in [0.25, 0.3) is 5.91 Å². The number of aliphatic carboxylic acids is 1. The number of carbonyl (C=O) groups excluding carboxylic acids is 1. The van der Waals surface area contributed by atoms with Crippen LogP contribution < -0.4 is 10.1 Å². The van der Waals surface area contributed by atoms with Crippen LogP contribution in [0.2, 0.25) is 0 Å². The smallest absolute Gasteiger partial charge is 0.334 e. The van der Waals surface area contributed by atoms with Crippen LogP contribution in [0.15, 0.2) is 24.3 Å². The number of carbonyl (C=O) groups is 2. The van der Waals surface area contributed by atoms with Crippen LogP contribution in [0.1, 0.15) is 0 Å². The maximum Gasteiger partial charge on any atom is 0.334 e. The van der Waals surface area contributed by atoms with Gasteiger partial charge in [-0.2, -0.15) is 0 Å². The highest BCUT2D eigenvalue weighted by atomic mass is 19.1. The molecular weight excluding hydrogens is 245 g/mol. The van der Waals surface area contributed by atoms with Crippen molar-refractivity contribution in [2.24, 2.45) is 0 Å². The summed E-state index contributed by atoms with van der Waals surface area (Å²) >= 11 is 0. The van der Waals surface area contributed by atoms with Crippen LogP contribution >= 0.6 is 0 Å². The maximum absolute atomic E-state index is 12.6. The quantitative estimate of drug-likeness (QED) is 0.654. The number of hydrogen-bond donors (Lipinski definition) is 3. The lowest BCUT2D eigenvalue weighted by molar-refractivity contribution is -0.146. The average molecular weight is 257 g/mol. The summed E-state index contributed by atoms with van der Waals surface area (Å²) in [7, 11) is 0. The Morgan fingerprint density at radius 3 is 2.50 bits per heavy atom. The molecule has 1 aromatic rings. The van der Waals surface area contributed by atoms with E-state index < -0.39 is 30.3 Å². The molecule has 0 saturated heterocycles. The zero-order valence-corrected chi connectivity index (χ0v) is 9.30. The molecule has 0 fully saturated rings. The number of amides is 1. The number of carboxylic acid groups (broad SMARTS) is 1. The summed E-state index contributed by atoms with van der Waals surface area (Å²) in [6, 6.07) is 5.08. The fourth-order valence-corrected chi connectivity index (χ4v) is 1.03. The third kappa shape index (κ3) is 4.79. The fraction of sp³-hybridized carbons (Fsp3) is 0.273. The maximum atomic E-state index is 12.6. The molecule has 0 aliphatic carbocycles. The van der Waals surface area contributed by atoms with Gasteiger partial charge in [0.05, 0.1) is 6.54 Å². The third-order valence-corrected chi connectivity index (χ3v) is 1.96. The van der Waals surface area contributed by atoms with Gasteiger partial charge in [-0.3, -0.25) is 4.79 Å². The van der Waals surface area contributed by atoms with Crippen molar-refractivity contribution in [2.45, 2.75) is 6.10 Å². The Labute approximate surface area is 102 Å². The summed E-state index contributed by atoms with van der Waals surface area (Å²) in [6.07, 6.45) is -1.65. The first-order valence-corrected chi connectivity index (χ1v) is 5.05. The van der Waals surface area contributed by atoms with E-state index in [1.807, 2.05) is 0 Å². The van der Waals surface area contributed by atoms with Crippen LogP contribution in [0, 0.1) is 5.82 Å². The second-order valence-corrected chi connectivity index (χ2v) is 3.40. The van der Waals surface area contributed by atoms with Gasteiger partial charge in [-0.1, -0.05) is 0 Å². The highest BCUT2D eigenvalue weighted by Gasteiger charge is 2.14. The van der Waals surface area contributed by atoms with E-state index in [0.717, 1.165) is 0 Å². The van der Waals surface area contributed by atoms with E-state index in [-0.39, 0.29) is 6.61 Å². The van der Waals surface area contributed by atoms with Crippen molar-refractivity contribution in [3.8, 4) is 5.75 Å². The standard InChI is InChI=1S/C11H12FNO5/c12-7-1-3-8(4-2-7)18-6-10(15)13-5-9(14)11(16)17/h1-4,9,14H,5-6H2,(H,13,15)(H,16,17)/t9-/m0/s1. The monoisotopic (exact) mass is 257 g/mol. The van der Waals surface area contributed by atoms with Crippen LogP contribution in [0.4, 0.5) is 4.39 Å². The minimum Gasteiger partial charge on any atom is -0.484 e. The lowest BCUT2D eigenvalue weighted by Gasteiger charge is -2.09. The van der Waals surface area contributed by atoms with E-state index >= 15 is 0 Å². The van der Waals surface area contributed by atoms with E-state index in [1.165, 1.54) is 24.3 Å². The highest BCUT2D eigenvalue weighted by molar-refractivity contribution is 5.79. The molecule has 6 nitrogen and oxygen atoms in total. The highest BCUT2D eigenvalue weighted by Crippen LogP contribution is 2.10. The van der Waals surface area contributed by atoms with Crippen molar-refractivity contribution in [2.75, 3.05) is 13.2 Å². The van der Waals surface area contributed by atoms with E-state index in [1.54, 1.807) is 0 Å². The molecule has 3 N–H and O–H groups in total.